The fourth-order valence-electron chi connectivity index (χ4n) is 2.28. The number of likely N-dealkylation sites (N-methyl/N-ethyl adjacent to an activating group) is 1. The van der Waals surface area contributed by atoms with Gasteiger partial charge in [-0.15, -0.1) is 0 Å². The minimum absolute atomic E-state index is 0.0790. The zero-order chi connectivity index (χ0) is 17.6. The van der Waals surface area contributed by atoms with E-state index in [4.69, 9.17) is 0 Å². The first-order chi connectivity index (χ1) is 10.7. The molecule has 1 atom stereocenters. The lowest BCUT2D eigenvalue weighted by Gasteiger charge is -2.24. The Balaban J connectivity index is 2.69. The lowest BCUT2D eigenvalue weighted by Crippen LogP contribution is -2.46. The average Bonchev–Trinajstić information content (AvgIpc) is 2.45. The average molecular weight is 319 g/mol. The van der Waals surface area contributed by atoms with Crippen LogP contribution in [0.25, 0.3) is 0 Å². The van der Waals surface area contributed by atoms with Crippen molar-refractivity contribution in [2.75, 3.05) is 18.9 Å². The van der Waals surface area contributed by atoms with Crippen molar-refractivity contribution in [1.82, 2.24) is 10.2 Å². The molecular formula is C18H29N3O2. The van der Waals surface area contributed by atoms with Crippen molar-refractivity contribution in [3.8, 4) is 0 Å². The molecule has 0 aliphatic carbocycles. The minimum Gasteiger partial charge on any atom is -0.353 e. The fourth-order valence-corrected chi connectivity index (χ4v) is 2.28. The Morgan fingerprint density at radius 3 is 2.26 bits per heavy atom. The number of carbonyl (C=O) groups excluding carboxylic acids is 2. The largest absolute Gasteiger partial charge is 0.353 e. The van der Waals surface area contributed by atoms with Gasteiger partial charge in [0.25, 0.3) is 0 Å². The van der Waals surface area contributed by atoms with Crippen molar-refractivity contribution in [2.24, 2.45) is 0 Å². The van der Waals surface area contributed by atoms with Gasteiger partial charge in [0.15, 0.2) is 0 Å². The Hall–Kier alpha value is -1.88. The molecule has 0 aliphatic heterocycles. The monoisotopic (exact) mass is 319 g/mol. The summed E-state index contributed by atoms with van der Waals surface area (Å²) in [6.07, 6.45) is 0. The molecule has 5 nitrogen and oxygen atoms in total. The molecule has 1 unspecified atom stereocenters. The summed E-state index contributed by atoms with van der Waals surface area (Å²) in [7, 11) is 1.78. The molecule has 0 fully saturated rings. The van der Waals surface area contributed by atoms with Gasteiger partial charge in [0.05, 0.1) is 12.6 Å². The van der Waals surface area contributed by atoms with Crippen LogP contribution in [0.3, 0.4) is 0 Å². The van der Waals surface area contributed by atoms with Crippen LogP contribution in [0.4, 0.5) is 5.69 Å². The van der Waals surface area contributed by atoms with Crippen LogP contribution < -0.4 is 10.6 Å². The molecule has 0 bridgehead atoms. The molecule has 1 aromatic rings. The van der Waals surface area contributed by atoms with Gasteiger partial charge < -0.3 is 10.6 Å². The predicted molar refractivity (Wildman–Crippen MR) is 94.5 cm³/mol. The molecule has 0 saturated heterocycles. The molecule has 2 N–H and O–H groups in total. The van der Waals surface area contributed by atoms with Gasteiger partial charge >= 0.3 is 0 Å². The van der Waals surface area contributed by atoms with E-state index >= 15 is 0 Å². The summed E-state index contributed by atoms with van der Waals surface area (Å²) in [5.74, 6) is 0.138. The SMILES string of the molecule is CC(C)NC(=O)CN(C)C(C)C(=O)Nc1ccccc1C(C)C. The van der Waals surface area contributed by atoms with E-state index in [1.165, 1.54) is 0 Å². The van der Waals surface area contributed by atoms with Crippen molar-refractivity contribution in [3.63, 3.8) is 0 Å². The highest BCUT2D eigenvalue weighted by Gasteiger charge is 2.21. The van der Waals surface area contributed by atoms with Gasteiger partial charge in [0.2, 0.25) is 11.8 Å². The number of carbonyl (C=O) groups is 2. The third kappa shape index (κ3) is 6.02. The topological polar surface area (TPSA) is 61.4 Å². The Morgan fingerprint density at radius 1 is 1.09 bits per heavy atom. The number of amides is 2. The summed E-state index contributed by atoms with van der Waals surface area (Å²) in [4.78, 5) is 26.0. The number of rotatable bonds is 7. The van der Waals surface area contributed by atoms with Crippen LogP contribution in [-0.2, 0) is 9.59 Å². The summed E-state index contributed by atoms with van der Waals surface area (Å²) in [6.45, 7) is 10.0. The van der Waals surface area contributed by atoms with Gasteiger partial charge in [-0.1, -0.05) is 32.0 Å². The highest BCUT2D eigenvalue weighted by Crippen LogP contribution is 2.23. The predicted octanol–water partition coefficient (Wildman–Crippen LogP) is 2.59. The van der Waals surface area contributed by atoms with Crippen molar-refractivity contribution < 1.29 is 9.59 Å². The molecule has 23 heavy (non-hydrogen) atoms. The number of hydrogen-bond acceptors (Lipinski definition) is 3. The van der Waals surface area contributed by atoms with Gasteiger partial charge in [-0.05, 0) is 45.4 Å². The first-order valence-corrected chi connectivity index (χ1v) is 8.11. The van der Waals surface area contributed by atoms with Crippen molar-refractivity contribution >= 4 is 17.5 Å². The lowest BCUT2D eigenvalue weighted by atomic mass is 10.0. The minimum atomic E-state index is -0.395. The second-order valence-electron chi connectivity index (χ2n) is 6.54. The number of anilines is 1. The Labute approximate surface area is 139 Å². The smallest absolute Gasteiger partial charge is 0.241 e. The molecule has 0 radical (unpaired) electrons. The van der Waals surface area contributed by atoms with Crippen molar-refractivity contribution in [2.45, 2.75) is 52.6 Å². The van der Waals surface area contributed by atoms with Gasteiger partial charge in [0.1, 0.15) is 0 Å². The van der Waals surface area contributed by atoms with Crippen molar-refractivity contribution in [1.29, 1.82) is 0 Å². The van der Waals surface area contributed by atoms with Crippen LogP contribution in [0.15, 0.2) is 24.3 Å². The second-order valence-corrected chi connectivity index (χ2v) is 6.54. The summed E-state index contributed by atoms with van der Waals surface area (Å²) in [5.41, 5.74) is 1.94. The van der Waals surface area contributed by atoms with Crippen LogP contribution in [0, 0.1) is 0 Å². The molecule has 1 rings (SSSR count). The van der Waals surface area contributed by atoms with E-state index in [0.717, 1.165) is 11.3 Å². The molecule has 0 aliphatic rings. The summed E-state index contributed by atoms with van der Waals surface area (Å²) >= 11 is 0. The number of benzene rings is 1. The first-order valence-electron chi connectivity index (χ1n) is 8.11. The standard InChI is InChI=1S/C18H29N3O2/c1-12(2)15-9-7-8-10-16(15)20-18(23)14(5)21(6)11-17(22)19-13(3)4/h7-10,12-14H,11H2,1-6H3,(H,19,22)(H,20,23). The normalized spacial score (nSPS) is 12.6. The molecule has 0 aromatic heterocycles. The summed E-state index contributed by atoms with van der Waals surface area (Å²) in [5, 5.41) is 5.80. The molecule has 0 heterocycles. The maximum Gasteiger partial charge on any atom is 0.241 e. The van der Waals surface area contributed by atoms with E-state index in [9.17, 15) is 9.59 Å². The van der Waals surface area contributed by atoms with E-state index in [1.807, 2.05) is 38.1 Å². The summed E-state index contributed by atoms with van der Waals surface area (Å²) < 4.78 is 0. The Bertz CT molecular complexity index is 541. The van der Waals surface area contributed by atoms with Crippen LogP contribution in [0.5, 0.6) is 0 Å². The van der Waals surface area contributed by atoms with E-state index in [2.05, 4.69) is 24.5 Å². The quantitative estimate of drug-likeness (QED) is 0.812. The van der Waals surface area contributed by atoms with Gasteiger partial charge in [-0.2, -0.15) is 0 Å². The lowest BCUT2D eigenvalue weighted by molar-refractivity contribution is -0.125. The van der Waals surface area contributed by atoms with Crippen LogP contribution >= 0.6 is 0 Å². The molecule has 0 spiro atoms. The molecule has 0 saturated carbocycles. The van der Waals surface area contributed by atoms with Crippen LogP contribution in [0.1, 0.15) is 46.1 Å². The number of nitrogens with one attached hydrogen (secondary N) is 2. The van der Waals surface area contributed by atoms with Crippen LogP contribution in [0.2, 0.25) is 0 Å². The van der Waals surface area contributed by atoms with Gasteiger partial charge in [-0.3, -0.25) is 14.5 Å². The zero-order valence-electron chi connectivity index (χ0n) is 15.0. The maximum atomic E-state index is 12.4. The van der Waals surface area contributed by atoms with E-state index < -0.39 is 6.04 Å². The van der Waals surface area contributed by atoms with E-state index in [1.54, 1.807) is 18.9 Å². The Morgan fingerprint density at radius 2 is 1.70 bits per heavy atom. The third-order valence-corrected chi connectivity index (χ3v) is 3.72. The van der Waals surface area contributed by atoms with Crippen LogP contribution in [-0.4, -0.2) is 42.4 Å². The zero-order valence-corrected chi connectivity index (χ0v) is 15.0. The molecular weight excluding hydrogens is 290 g/mol. The number of hydrogen-bond donors (Lipinski definition) is 2. The fraction of sp³-hybridized carbons (Fsp3) is 0.556. The van der Waals surface area contributed by atoms with E-state index in [0.29, 0.717) is 5.92 Å². The van der Waals surface area contributed by atoms with Gasteiger partial charge in [-0.25, -0.2) is 0 Å². The summed E-state index contributed by atoms with van der Waals surface area (Å²) in [6, 6.07) is 7.50. The third-order valence-electron chi connectivity index (χ3n) is 3.72. The Kier molecular flexibility index (Phi) is 7.23. The number of nitrogens with zero attached hydrogens (tertiary/aromatic N) is 1. The van der Waals surface area contributed by atoms with Crippen molar-refractivity contribution in [3.05, 3.63) is 29.8 Å². The first kappa shape index (κ1) is 19.2. The molecule has 1 aromatic carbocycles. The number of para-hydroxylation sites is 1. The van der Waals surface area contributed by atoms with Gasteiger partial charge in [0, 0.05) is 11.7 Å². The second kappa shape index (κ2) is 8.67. The maximum absolute atomic E-state index is 12.4. The highest BCUT2D eigenvalue weighted by molar-refractivity contribution is 5.95. The molecule has 128 valence electrons. The molecule has 5 heteroatoms. The highest BCUT2D eigenvalue weighted by atomic mass is 16.2. The molecule has 2 amide bonds. The van der Waals surface area contributed by atoms with E-state index in [-0.39, 0.29) is 24.4 Å².